The van der Waals surface area contributed by atoms with Crippen molar-refractivity contribution in [2.45, 2.75) is 33.8 Å². The van der Waals surface area contributed by atoms with E-state index < -0.39 is 18.0 Å². The second kappa shape index (κ2) is 8.72. The number of ether oxygens (including phenoxy) is 2. The van der Waals surface area contributed by atoms with Gasteiger partial charge in [0.05, 0.1) is 5.02 Å². The smallest absolute Gasteiger partial charge is 0.344 e. The maximum absolute atomic E-state index is 12.2. The number of amides is 1. The normalized spacial score (nSPS) is 11.6. The number of carbonyl (C=O) groups excluding carboxylic acids is 2. The third-order valence-corrected chi connectivity index (χ3v) is 4.06. The second-order valence-electron chi connectivity index (χ2n) is 6.16. The summed E-state index contributed by atoms with van der Waals surface area (Å²) in [5, 5.41) is 3.16. The fourth-order valence-electron chi connectivity index (χ4n) is 2.33. The molecule has 5 nitrogen and oxygen atoms in total. The number of halogens is 1. The lowest BCUT2D eigenvalue weighted by atomic mass is 10.1. The Balaban J connectivity index is 1.87. The zero-order chi connectivity index (χ0) is 19.3. The highest BCUT2D eigenvalue weighted by Gasteiger charge is 2.19. The summed E-state index contributed by atoms with van der Waals surface area (Å²) in [6, 6.07) is 10.9. The van der Waals surface area contributed by atoms with Gasteiger partial charge in [-0.25, -0.2) is 4.79 Å². The average Bonchev–Trinajstić information content (AvgIpc) is 2.58. The van der Waals surface area contributed by atoms with E-state index in [-0.39, 0.29) is 6.61 Å². The number of hydrogen-bond donors (Lipinski definition) is 1. The van der Waals surface area contributed by atoms with Gasteiger partial charge in [-0.3, -0.25) is 4.79 Å². The predicted octanol–water partition coefficient (Wildman–Crippen LogP) is 4.21. The van der Waals surface area contributed by atoms with Gasteiger partial charge in [0.15, 0.2) is 12.7 Å². The first-order chi connectivity index (χ1) is 12.3. The van der Waals surface area contributed by atoms with E-state index in [0.717, 1.165) is 16.7 Å². The van der Waals surface area contributed by atoms with Gasteiger partial charge in [0.25, 0.3) is 5.91 Å². The Morgan fingerprint density at radius 2 is 1.73 bits per heavy atom. The Morgan fingerprint density at radius 1 is 1.08 bits per heavy atom. The van der Waals surface area contributed by atoms with Gasteiger partial charge in [0.2, 0.25) is 0 Å². The van der Waals surface area contributed by atoms with Crippen molar-refractivity contribution < 1.29 is 19.1 Å². The summed E-state index contributed by atoms with van der Waals surface area (Å²) in [6.45, 7) is 6.95. The lowest BCUT2D eigenvalue weighted by Crippen LogP contribution is -2.31. The highest BCUT2D eigenvalue weighted by atomic mass is 35.5. The molecule has 0 bridgehead atoms. The quantitative estimate of drug-likeness (QED) is 0.768. The molecule has 0 fully saturated rings. The van der Waals surface area contributed by atoms with Gasteiger partial charge in [-0.05, 0) is 57.0 Å². The second-order valence-corrected chi connectivity index (χ2v) is 6.57. The molecule has 2 aromatic rings. The molecule has 0 saturated carbocycles. The van der Waals surface area contributed by atoms with E-state index in [2.05, 4.69) is 5.32 Å². The number of benzene rings is 2. The van der Waals surface area contributed by atoms with Crippen LogP contribution in [0, 0.1) is 20.8 Å². The van der Waals surface area contributed by atoms with Crippen LogP contribution >= 0.6 is 11.6 Å². The van der Waals surface area contributed by atoms with Crippen molar-refractivity contribution in [2.75, 3.05) is 11.9 Å². The number of nitrogens with one attached hydrogen (secondary N) is 1. The first-order valence-electron chi connectivity index (χ1n) is 8.23. The molecule has 6 heteroatoms. The highest BCUT2D eigenvalue weighted by molar-refractivity contribution is 6.32. The van der Waals surface area contributed by atoms with Gasteiger partial charge in [-0.2, -0.15) is 0 Å². The molecule has 0 aliphatic rings. The molecule has 0 aliphatic heterocycles. The van der Waals surface area contributed by atoms with Crippen LogP contribution in [0.4, 0.5) is 5.69 Å². The van der Waals surface area contributed by atoms with Crippen molar-refractivity contribution in [3.8, 4) is 5.75 Å². The Bertz CT molecular complexity index is 819. The summed E-state index contributed by atoms with van der Waals surface area (Å²) >= 11 is 6.01. The van der Waals surface area contributed by atoms with Crippen molar-refractivity contribution in [3.05, 3.63) is 58.1 Å². The van der Waals surface area contributed by atoms with E-state index in [9.17, 15) is 9.59 Å². The zero-order valence-electron chi connectivity index (χ0n) is 15.3. The molecule has 1 N–H and O–H groups in total. The molecule has 26 heavy (non-hydrogen) atoms. The minimum absolute atomic E-state index is 0.329. The molecule has 0 radical (unpaired) electrons. The van der Waals surface area contributed by atoms with Crippen molar-refractivity contribution in [2.24, 2.45) is 0 Å². The highest BCUT2D eigenvalue weighted by Crippen LogP contribution is 2.25. The van der Waals surface area contributed by atoms with Crippen LogP contribution in [0.15, 0.2) is 36.4 Å². The van der Waals surface area contributed by atoms with Gasteiger partial charge < -0.3 is 14.8 Å². The maximum Gasteiger partial charge on any atom is 0.344 e. The number of rotatable bonds is 6. The molecule has 0 saturated heterocycles. The number of anilines is 1. The molecule has 138 valence electrons. The molecule has 2 aromatic carbocycles. The minimum atomic E-state index is -0.945. The third-order valence-electron chi connectivity index (χ3n) is 3.75. The lowest BCUT2D eigenvalue weighted by molar-refractivity contribution is -0.155. The Morgan fingerprint density at radius 3 is 2.42 bits per heavy atom. The first-order valence-corrected chi connectivity index (χ1v) is 8.60. The van der Waals surface area contributed by atoms with Crippen LogP contribution in [-0.4, -0.2) is 24.6 Å². The van der Waals surface area contributed by atoms with Crippen LogP contribution in [-0.2, 0) is 14.3 Å². The van der Waals surface area contributed by atoms with Gasteiger partial charge in [-0.15, -0.1) is 0 Å². The van der Waals surface area contributed by atoms with Gasteiger partial charge in [-0.1, -0.05) is 35.4 Å². The monoisotopic (exact) mass is 375 g/mol. The van der Waals surface area contributed by atoms with Crippen molar-refractivity contribution in [1.82, 2.24) is 0 Å². The van der Waals surface area contributed by atoms with Crippen LogP contribution in [0.1, 0.15) is 23.6 Å². The Labute approximate surface area is 158 Å². The predicted molar refractivity (Wildman–Crippen MR) is 102 cm³/mol. The minimum Gasteiger partial charge on any atom is -0.480 e. The van der Waals surface area contributed by atoms with Crippen molar-refractivity contribution >= 4 is 29.2 Å². The van der Waals surface area contributed by atoms with Crippen LogP contribution < -0.4 is 10.1 Å². The summed E-state index contributed by atoms with van der Waals surface area (Å²) in [7, 11) is 0. The molecule has 1 atom stereocenters. The molecule has 1 amide bonds. The summed E-state index contributed by atoms with van der Waals surface area (Å²) in [4.78, 5) is 24.1. The van der Waals surface area contributed by atoms with Crippen molar-refractivity contribution in [1.29, 1.82) is 0 Å². The fraction of sp³-hybridized carbons (Fsp3) is 0.300. The van der Waals surface area contributed by atoms with Crippen LogP contribution in [0.2, 0.25) is 5.02 Å². The lowest BCUT2D eigenvalue weighted by Gasteiger charge is -2.15. The maximum atomic E-state index is 12.2. The van der Waals surface area contributed by atoms with Gasteiger partial charge >= 0.3 is 5.97 Å². The molecule has 2 rings (SSSR count). The van der Waals surface area contributed by atoms with E-state index in [0.29, 0.717) is 16.5 Å². The number of hydrogen-bond acceptors (Lipinski definition) is 4. The fourth-order valence-corrected chi connectivity index (χ4v) is 2.50. The molecule has 0 unspecified atom stereocenters. The Kier molecular flexibility index (Phi) is 6.64. The number of esters is 1. The zero-order valence-corrected chi connectivity index (χ0v) is 16.0. The van der Waals surface area contributed by atoms with Crippen LogP contribution in [0.3, 0.4) is 0 Å². The first kappa shape index (κ1) is 19.8. The summed E-state index contributed by atoms with van der Waals surface area (Å²) < 4.78 is 10.5. The van der Waals surface area contributed by atoms with Crippen molar-refractivity contribution in [3.63, 3.8) is 0 Å². The number of aryl methyl sites for hydroxylation is 3. The molecular formula is C20H22ClNO4. The van der Waals surface area contributed by atoms with Gasteiger partial charge in [0, 0.05) is 5.69 Å². The molecule has 0 spiro atoms. The van der Waals surface area contributed by atoms with Gasteiger partial charge in [0.1, 0.15) is 5.75 Å². The standard InChI is InChI=1S/C20H22ClNO4/c1-12-6-8-17(14(3)9-12)22-20(24)15(4)26-19(23)11-25-18-10-13(2)5-7-16(18)21/h5-10,15H,11H2,1-4H3,(H,22,24)/t15-/m0/s1. The van der Waals surface area contributed by atoms with E-state index in [1.807, 2.05) is 45.0 Å². The molecule has 0 heterocycles. The third kappa shape index (κ3) is 5.49. The number of carbonyl (C=O) groups is 2. The molecule has 0 aromatic heterocycles. The summed E-state index contributed by atoms with van der Waals surface area (Å²) in [6.07, 6.45) is -0.945. The Hall–Kier alpha value is -2.53. The largest absolute Gasteiger partial charge is 0.480 e. The summed E-state index contributed by atoms with van der Waals surface area (Å²) in [5.74, 6) is -0.652. The average molecular weight is 376 g/mol. The molecular weight excluding hydrogens is 354 g/mol. The van der Waals surface area contributed by atoms with Crippen LogP contribution in [0.5, 0.6) is 5.75 Å². The van der Waals surface area contributed by atoms with E-state index in [4.69, 9.17) is 21.1 Å². The SMILES string of the molecule is Cc1ccc(NC(=O)[C@H](C)OC(=O)COc2cc(C)ccc2Cl)c(C)c1. The van der Waals surface area contributed by atoms with E-state index in [1.54, 1.807) is 12.1 Å². The molecule has 0 aliphatic carbocycles. The summed E-state index contributed by atoms with van der Waals surface area (Å²) in [5.41, 5.74) is 3.69. The topological polar surface area (TPSA) is 64.6 Å². The van der Waals surface area contributed by atoms with Crippen LogP contribution in [0.25, 0.3) is 0 Å². The van der Waals surface area contributed by atoms with E-state index in [1.165, 1.54) is 6.92 Å². The van der Waals surface area contributed by atoms with E-state index >= 15 is 0 Å².